The molecular weight excluding hydrogens is 316 g/mol. The Morgan fingerprint density at radius 3 is 2.20 bits per heavy atom. The molecule has 0 spiro atoms. The van der Waals surface area contributed by atoms with Gasteiger partial charge in [-0.1, -0.05) is 36.4 Å². The molecule has 1 aliphatic rings. The SMILES string of the molecule is C[C@H]1[C@H](CC(=O)O)N(c2ccccc2)CCN1C(=O)c1ccccc1. The van der Waals surface area contributed by atoms with Crippen LogP contribution >= 0.6 is 0 Å². The molecule has 2 aromatic carbocycles. The van der Waals surface area contributed by atoms with E-state index < -0.39 is 5.97 Å². The van der Waals surface area contributed by atoms with Crippen LogP contribution in [0.2, 0.25) is 0 Å². The van der Waals surface area contributed by atoms with Gasteiger partial charge in [0.05, 0.1) is 18.5 Å². The van der Waals surface area contributed by atoms with Crippen LogP contribution in [0.4, 0.5) is 5.69 Å². The summed E-state index contributed by atoms with van der Waals surface area (Å²) in [5.41, 5.74) is 1.63. The van der Waals surface area contributed by atoms with Gasteiger partial charge >= 0.3 is 5.97 Å². The zero-order valence-electron chi connectivity index (χ0n) is 14.2. The maximum Gasteiger partial charge on any atom is 0.305 e. The Balaban J connectivity index is 1.86. The molecule has 0 aliphatic carbocycles. The van der Waals surface area contributed by atoms with E-state index in [1.165, 1.54) is 0 Å². The molecule has 1 saturated heterocycles. The van der Waals surface area contributed by atoms with Gasteiger partial charge in [0.15, 0.2) is 0 Å². The first-order chi connectivity index (χ1) is 12.1. The summed E-state index contributed by atoms with van der Waals surface area (Å²) < 4.78 is 0. The lowest BCUT2D eigenvalue weighted by molar-refractivity contribution is -0.137. The molecule has 1 N–H and O–H groups in total. The summed E-state index contributed by atoms with van der Waals surface area (Å²) in [7, 11) is 0. The predicted octanol–water partition coefficient (Wildman–Crippen LogP) is 2.88. The molecule has 1 amide bonds. The number of amides is 1. The van der Waals surface area contributed by atoms with Crippen LogP contribution in [-0.2, 0) is 4.79 Å². The van der Waals surface area contributed by atoms with Crippen LogP contribution in [0, 0.1) is 0 Å². The summed E-state index contributed by atoms with van der Waals surface area (Å²) in [5.74, 6) is -0.900. The fourth-order valence-electron chi connectivity index (χ4n) is 3.49. The van der Waals surface area contributed by atoms with Crippen LogP contribution in [-0.4, -0.2) is 47.1 Å². The highest BCUT2D eigenvalue weighted by Crippen LogP contribution is 2.27. The predicted molar refractivity (Wildman–Crippen MR) is 96.8 cm³/mol. The molecule has 2 atom stereocenters. The summed E-state index contributed by atoms with van der Waals surface area (Å²) in [5, 5.41) is 9.36. The van der Waals surface area contributed by atoms with Crippen LogP contribution < -0.4 is 4.90 Å². The average Bonchev–Trinajstić information content (AvgIpc) is 2.64. The molecule has 0 unspecified atom stereocenters. The zero-order chi connectivity index (χ0) is 17.8. The quantitative estimate of drug-likeness (QED) is 0.931. The van der Waals surface area contributed by atoms with E-state index in [4.69, 9.17) is 0 Å². The van der Waals surface area contributed by atoms with Gasteiger partial charge in [-0.3, -0.25) is 9.59 Å². The van der Waals surface area contributed by atoms with Crippen LogP contribution in [0.1, 0.15) is 23.7 Å². The minimum Gasteiger partial charge on any atom is -0.481 e. The number of carbonyl (C=O) groups is 2. The number of benzene rings is 2. The van der Waals surface area contributed by atoms with Crippen LogP contribution in [0.5, 0.6) is 0 Å². The van der Waals surface area contributed by atoms with Gasteiger partial charge in [0, 0.05) is 24.3 Å². The molecule has 0 bridgehead atoms. The van der Waals surface area contributed by atoms with Crippen molar-refractivity contribution in [3.63, 3.8) is 0 Å². The van der Waals surface area contributed by atoms with Crippen LogP contribution in [0.15, 0.2) is 60.7 Å². The molecule has 1 heterocycles. The van der Waals surface area contributed by atoms with Crippen molar-refractivity contribution in [1.82, 2.24) is 4.90 Å². The number of aliphatic carboxylic acids is 1. The monoisotopic (exact) mass is 338 g/mol. The first-order valence-corrected chi connectivity index (χ1v) is 8.47. The van der Waals surface area contributed by atoms with Gasteiger partial charge in [-0.05, 0) is 31.2 Å². The van der Waals surface area contributed by atoms with E-state index in [1.807, 2.05) is 55.5 Å². The van der Waals surface area contributed by atoms with E-state index in [9.17, 15) is 14.7 Å². The van der Waals surface area contributed by atoms with E-state index >= 15 is 0 Å². The number of carboxylic acid groups (broad SMARTS) is 1. The Bertz CT molecular complexity index is 733. The molecule has 1 aliphatic heterocycles. The molecule has 130 valence electrons. The van der Waals surface area contributed by atoms with E-state index in [-0.39, 0.29) is 24.4 Å². The van der Waals surface area contributed by atoms with Gasteiger partial charge in [-0.15, -0.1) is 0 Å². The number of hydrogen-bond donors (Lipinski definition) is 1. The third-order valence-electron chi connectivity index (χ3n) is 4.78. The van der Waals surface area contributed by atoms with Crippen molar-refractivity contribution in [2.75, 3.05) is 18.0 Å². The summed E-state index contributed by atoms with van der Waals surface area (Å²) in [4.78, 5) is 28.1. The molecule has 5 heteroatoms. The Morgan fingerprint density at radius 2 is 1.60 bits per heavy atom. The minimum absolute atomic E-state index is 0.00533. The van der Waals surface area contributed by atoms with Crippen molar-refractivity contribution in [3.05, 3.63) is 66.2 Å². The lowest BCUT2D eigenvalue weighted by Crippen LogP contribution is -2.60. The van der Waals surface area contributed by atoms with Gasteiger partial charge < -0.3 is 14.9 Å². The number of nitrogens with zero attached hydrogens (tertiary/aromatic N) is 2. The van der Waals surface area contributed by atoms with Crippen molar-refractivity contribution < 1.29 is 14.7 Å². The summed E-state index contributed by atoms with van der Waals surface area (Å²) in [6.07, 6.45) is -0.00533. The van der Waals surface area contributed by atoms with Crippen molar-refractivity contribution in [1.29, 1.82) is 0 Å². The molecule has 0 radical (unpaired) electrons. The summed E-state index contributed by atoms with van der Waals surface area (Å²) in [6.45, 7) is 3.12. The van der Waals surface area contributed by atoms with Crippen molar-refractivity contribution in [3.8, 4) is 0 Å². The van der Waals surface area contributed by atoms with Gasteiger partial charge in [0.2, 0.25) is 0 Å². The number of carbonyl (C=O) groups excluding carboxylic acids is 1. The van der Waals surface area contributed by atoms with Crippen molar-refractivity contribution in [2.45, 2.75) is 25.4 Å². The average molecular weight is 338 g/mol. The normalized spacial score (nSPS) is 20.4. The number of rotatable bonds is 4. The lowest BCUT2D eigenvalue weighted by atomic mass is 9.97. The Labute approximate surface area is 147 Å². The molecule has 0 saturated carbocycles. The highest BCUT2D eigenvalue weighted by molar-refractivity contribution is 5.94. The first-order valence-electron chi connectivity index (χ1n) is 8.47. The Hall–Kier alpha value is -2.82. The zero-order valence-corrected chi connectivity index (χ0v) is 14.2. The highest BCUT2D eigenvalue weighted by atomic mass is 16.4. The maximum absolute atomic E-state index is 12.8. The fraction of sp³-hybridized carbons (Fsp3) is 0.300. The van der Waals surface area contributed by atoms with Gasteiger partial charge in [-0.2, -0.15) is 0 Å². The topological polar surface area (TPSA) is 60.9 Å². The second-order valence-electron chi connectivity index (χ2n) is 6.30. The third-order valence-corrected chi connectivity index (χ3v) is 4.78. The standard InChI is InChI=1S/C20H22N2O3/c1-15-18(14-19(23)24)22(17-10-6-3-7-11-17)13-12-21(15)20(25)16-8-4-2-5-9-16/h2-11,15,18H,12-14H2,1H3,(H,23,24)/t15-,18-/m0/s1. The van der Waals surface area contributed by atoms with Gasteiger partial charge in [-0.25, -0.2) is 0 Å². The second-order valence-corrected chi connectivity index (χ2v) is 6.30. The van der Waals surface area contributed by atoms with E-state index in [0.29, 0.717) is 18.7 Å². The number of piperazine rings is 1. The molecule has 5 nitrogen and oxygen atoms in total. The third kappa shape index (κ3) is 3.65. The largest absolute Gasteiger partial charge is 0.481 e. The highest BCUT2D eigenvalue weighted by Gasteiger charge is 2.37. The second kappa shape index (κ2) is 7.38. The smallest absolute Gasteiger partial charge is 0.305 e. The van der Waals surface area contributed by atoms with E-state index in [0.717, 1.165) is 5.69 Å². The molecule has 25 heavy (non-hydrogen) atoms. The molecule has 3 rings (SSSR count). The number of hydrogen-bond acceptors (Lipinski definition) is 3. The van der Waals surface area contributed by atoms with E-state index in [2.05, 4.69) is 4.90 Å². The summed E-state index contributed by atoms with van der Waals surface area (Å²) in [6, 6.07) is 18.5. The van der Waals surface area contributed by atoms with E-state index in [1.54, 1.807) is 17.0 Å². The van der Waals surface area contributed by atoms with Crippen LogP contribution in [0.3, 0.4) is 0 Å². The number of para-hydroxylation sites is 1. The molecular formula is C20H22N2O3. The fourth-order valence-corrected chi connectivity index (χ4v) is 3.49. The number of carboxylic acids is 1. The summed E-state index contributed by atoms with van der Waals surface area (Å²) >= 11 is 0. The molecule has 0 aromatic heterocycles. The molecule has 2 aromatic rings. The Morgan fingerprint density at radius 1 is 1.00 bits per heavy atom. The lowest BCUT2D eigenvalue weighted by Gasteiger charge is -2.47. The van der Waals surface area contributed by atoms with Gasteiger partial charge in [0.25, 0.3) is 5.91 Å². The van der Waals surface area contributed by atoms with Crippen molar-refractivity contribution in [2.24, 2.45) is 0 Å². The van der Waals surface area contributed by atoms with Gasteiger partial charge in [0.1, 0.15) is 0 Å². The maximum atomic E-state index is 12.8. The molecule has 1 fully saturated rings. The van der Waals surface area contributed by atoms with Crippen molar-refractivity contribution >= 4 is 17.6 Å². The first kappa shape index (κ1) is 17.0. The Kier molecular flexibility index (Phi) is 5.03. The van der Waals surface area contributed by atoms with Crippen LogP contribution in [0.25, 0.3) is 0 Å². The number of anilines is 1. The minimum atomic E-state index is -0.855.